The van der Waals surface area contributed by atoms with Crippen LogP contribution in [0.15, 0.2) is 24.3 Å². The van der Waals surface area contributed by atoms with E-state index in [-0.39, 0.29) is 4.31 Å². The molecule has 0 saturated heterocycles. The number of hydroxylamine groups is 1. The average Bonchev–Trinajstić information content (AvgIpc) is 2.29. The van der Waals surface area contributed by atoms with Crippen molar-refractivity contribution in [1.29, 1.82) is 0 Å². The van der Waals surface area contributed by atoms with Crippen LogP contribution in [0.4, 0.5) is 10.1 Å². The van der Waals surface area contributed by atoms with Crippen LogP contribution in [0.1, 0.15) is 6.92 Å². The predicted molar refractivity (Wildman–Crippen MR) is 59.8 cm³/mol. The molecule has 0 bridgehead atoms. The molecule has 9 heteroatoms. The topological polar surface area (TPSA) is 107 Å². The number of halogens is 1. The lowest BCUT2D eigenvalue weighted by Gasteiger charge is -2.26. The van der Waals surface area contributed by atoms with E-state index in [9.17, 15) is 17.6 Å². The van der Waals surface area contributed by atoms with Gasteiger partial charge in [-0.1, -0.05) is 12.1 Å². The molecule has 0 spiro atoms. The fourth-order valence-corrected chi connectivity index (χ4v) is 2.26. The zero-order valence-corrected chi connectivity index (χ0v) is 10.1. The Morgan fingerprint density at radius 1 is 1.44 bits per heavy atom. The van der Waals surface area contributed by atoms with E-state index in [1.165, 1.54) is 17.6 Å². The number of hydrogen-bond acceptors (Lipinski definition) is 4. The fourth-order valence-electron chi connectivity index (χ4n) is 1.36. The van der Waals surface area contributed by atoms with Gasteiger partial charge in [0, 0.05) is 0 Å². The van der Waals surface area contributed by atoms with E-state index in [1.807, 2.05) is 0 Å². The second-order valence-electron chi connectivity index (χ2n) is 3.38. The van der Waals surface area contributed by atoms with Gasteiger partial charge in [-0.3, -0.25) is 14.6 Å². The summed E-state index contributed by atoms with van der Waals surface area (Å²) in [6, 6.07) is 3.17. The number of nitrogens with one attached hydrogen (secondary N) is 1. The van der Waals surface area contributed by atoms with Crippen molar-refractivity contribution in [2.45, 2.75) is 13.0 Å². The van der Waals surface area contributed by atoms with Gasteiger partial charge in [0.05, 0.1) is 5.69 Å². The molecule has 7 nitrogen and oxygen atoms in total. The van der Waals surface area contributed by atoms with Gasteiger partial charge in [0.1, 0.15) is 11.9 Å². The molecule has 0 aliphatic rings. The third kappa shape index (κ3) is 2.94. The maximum absolute atomic E-state index is 13.5. The first-order valence-electron chi connectivity index (χ1n) is 4.74. The van der Waals surface area contributed by atoms with E-state index in [0.29, 0.717) is 0 Å². The van der Waals surface area contributed by atoms with Crippen LogP contribution in [0.3, 0.4) is 0 Å². The van der Waals surface area contributed by atoms with Gasteiger partial charge in [-0.05, 0) is 19.1 Å². The molecule has 0 aliphatic carbocycles. The fraction of sp³-hybridized carbons (Fsp3) is 0.222. The van der Waals surface area contributed by atoms with Crippen LogP contribution in [-0.4, -0.2) is 30.1 Å². The Kier molecular flexibility index (Phi) is 4.22. The zero-order chi connectivity index (χ0) is 13.9. The Morgan fingerprint density at radius 3 is 2.44 bits per heavy atom. The zero-order valence-electron chi connectivity index (χ0n) is 9.24. The van der Waals surface area contributed by atoms with E-state index in [1.54, 1.807) is 0 Å². The lowest BCUT2D eigenvalue weighted by molar-refractivity contribution is -0.130. The number of nitrogens with zero attached hydrogens (tertiary/aromatic N) is 1. The number of carbonyl (C=O) groups excluding carboxylic acids is 1. The van der Waals surface area contributed by atoms with Crippen LogP contribution < -0.4 is 9.79 Å². The van der Waals surface area contributed by atoms with Crippen molar-refractivity contribution in [3.8, 4) is 0 Å². The van der Waals surface area contributed by atoms with Gasteiger partial charge in [0.2, 0.25) is 0 Å². The predicted octanol–water partition coefficient (Wildman–Crippen LogP) is 0.329. The summed E-state index contributed by atoms with van der Waals surface area (Å²) in [6.45, 7) is 1.08. The molecule has 0 aromatic heterocycles. The molecule has 1 unspecified atom stereocenters. The Balaban J connectivity index is 3.33. The molecular formula is C9H11FN2O5S. The van der Waals surface area contributed by atoms with Gasteiger partial charge < -0.3 is 0 Å². The number of benzene rings is 1. The van der Waals surface area contributed by atoms with Crippen LogP contribution in [0.5, 0.6) is 0 Å². The average molecular weight is 278 g/mol. The molecule has 0 radical (unpaired) electrons. The van der Waals surface area contributed by atoms with Crippen LogP contribution in [0, 0.1) is 5.82 Å². The minimum Gasteiger partial charge on any atom is -0.289 e. The molecule has 0 heterocycles. The molecule has 1 aromatic rings. The second-order valence-corrected chi connectivity index (χ2v) is 4.67. The third-order valence-electron chi connectivity index (χ3n) is 2.18. The number of amides is 1. The highest BCUT2D eigenvalue weighted by Gasteiger charge is 2.32. The molecule has 0 aliphatic heterocycles. The van der Waals surface area contributed by atoms with Crippen molar-refractivity contribution in [2.24, 2.45) is 0 Å². The Hall–Kier alpha value is -1.71. The van der Waals surface area contributed by atoms with Crippen molar-refractivity contribution in [2.75, 3.05) is 4.31 Å². The Labute approximate surface area is 103 Å². The number of hydrogen-bond donors (Lipinski definition) is 3. The molecule has 1 rings (SSSR count). The molecule has 3 N–H and O–H groups in total. The molecular weight excluding hydrogens is 267 g/mol. The lowest BCUT2D eigenvalue weighted by Crippen LogP contribution is -2.47. The SMILES string of the molecule is CC(C(=O)NO)N(c1ccccc1F)S(=O)(=O)O. The summed E-state index contributed by atoms with van der Waals surface area (Å²) in [4.78, 5) is 11.2. The van der Waals surface area contributed by atoms with Crippen LogP contribution in [0.2, 0.25) is 0 Å². The molecule has 18 heavy (non-hydrogen) atoms. The monoisotopic (exact) mass is 278 g/mol. The van der Waals surface area contributed by atoms with E-state index in [2.05, 4.69) is 0 Å². The highest BCUT2D eigenvalue weighted by molar-refractivity contribution is 7.87. The molecule has 100 valence electrons. The number of rotatable bonds is 4. The summed E-state index contributed by atoms with van der Waals surface area (Å²) in [5.74, 6) is -2.05. The summed E-state index contributed by atoms with van der Waals surface area (Å²) in [7, 11) is -4.87. The van der Waals surface area contributed by atoms with E-state index in [0.717, 1.165) is 19.1 Å². The quantitative estimate of drug-likeness (QED) is 0.418. The lowest BCUT2D eigenvalue weighted by atomic mass is 10.2. The second kappa shape index (κ2) is 5.29. The van der Waals surface area contributed by atoms with Gasteiger partial charge in [0.25, 0.3) is 5.91 Å². The van der Waals surface area contributed by atoms with Crippen molar-refractivity contribution in [3.05, 3.63) is 30.1 Å². The summed E-state index contributed by atoms with van der Waals surface area (Å²) in [5, 5.41) is 8.44. The van der Waals surface area contributed by atoms with Gasteiger partial charge >= 0.3 is 10.3 Å². The van der Waals surface area contributed by atoms with E-state index >= 15 is 0 Å². The van der Waals surface area contributed by atoms with Crippen LogP contribution in [0.25, 0.3) is 0 Å². The van der Waals surface area contributed by atoms with E-state index in [4.69, 9.17) is 9.76 Å². The molecule has 0 saturated carbocycles. The smallest absolute Gasteiger partial charge is 0.289 e. The highest BCUT2D eigenvalue weighted by Crippen LogP contribution is 2.23. The largest absolute Gasteiger partial charge is 0.360 e. The van der Waals surface area contributed by atoms with Gasteiger partial charge in [-0.15, -0.1) is 0 Å². The van der Waals surface area contributed by atoms with Gasteiger partial charge in [-0.2, -0.15) is 8.42 Å². The summed E-state index contributed by atoms with van der Waals surface area (Å²) in [6.07, 6.45) is 0. The summed E-state index contributed by atoms with van der Waals surface area (Å²) in [5.41, 5.74) is 0.724. The molecule has 1 aromatic carbocycles. The Bertz CT molecular complexity index is 548. The summed E-state index contributed by atoms with van der Waals surface area (Å²) < 4.78 is 45.1. The van der Waals surface area contributed by atoms with Crippen LogP contribution in [-0.2, 0) is 15.1 Å². The molecule has 0 fully saturated rings. The first-order chi connectivity index (χ1) is 8.29. The van der Waals surface area contributed by atoms with Crippen molar-refractivity contribution >= 4 is 21.9 Å². The van der Waals surface area contributed by atoms with E-state index < -0.39 is 33.8 Å². The maximum Gasteiger partial charge on any atom is 0.360 e. The van der Waals surface area contributed by atoms with Crippen molar-refractivity contribution in [3.63, 3.8) is 0 Å². The number of carbonyl (C=O) groups is 1. The minimum absolute atomic E-state index is 0.161. The highest BCUT2D eigenvalue weighted by atomic mass is 32.2. The first-order valence-corrected chi connectivity index (χ1v) is 6.14. The maximum atomic E-state index is 13.5. The Morgan fingerprint density at radius 2 is 2.00 bits per heavy atom. The van der Waals surface area contributed by atoms with Crippen molar-refractivity contribution < 1.29 is 27.4 Å². The van der Waals surface area contributed by atoms with Crippen molar-refractivity contribution in [1.82, 2.24) is 5.48 Å². The standard InChI is InChI=1S/C9H11FN2O5S/c1-6(9(13)11-14)12(18(15,16)17)8-5-3-2-4-7(8)10/h2-6,14H,1H3,(H,11,13)(H,15,16,17). The van der Waals surface area contributed by atoms with Gasteiger partial charge in [0.15, 0.2) is 0 Å². The number of para-hydroxylation sites is 1. The summed E-state index contributed by atoms with van der Waals surface area (Å²) >= 11 is 0. The first kappa shape index (κ1) is 14.4. The normalized spacial score (nSPS) is 12.9. The number of anilines is 1. The van der Waals surface area contributed by atoms with Crippen LogP contribution >= 0.6 is 0 Å². The molecule has 1 amide bonds. The molecule has 1 atom stereocenters. The minimum atomic E-state index is -4.87. The van der Waals surface area contributed by atoms with Gasteiger partial charge in [-0.25, -0.2) is 14.2 Å². The third-order valence-corrected chi connectivity index (χ3v) is 3.19.